The lowest BCUT2D eigenvalue weighted by atomic mass is 9.88. The van der Waals surface area contributed by atoms with Gasteiger partial charge >= 0.3 is 0 Å². The Labute approximate surface area is 253 Å². The van der Waals surface area contributed by atoms with Crippen LogP contribution in [0.5, 0.6) is 0 Å². The van der Waals surface area contributed by atoms with Gasteiger partial charge in [-0.3, -0.25) is 4.79 Å². The first-order valence-corrected chi connectivity index (χ1v) is 15.2. The Morgan fingerprint density at radius 3 is 2.79 bits per heavy atom. The molecule has 7 rings (SSSR count). The summed E-state index contributed by atoms with van der Waals surface area (Å²) in [5.74, 6) is -0.484. The Morgan fingerprint density at radius 2 is 2.02 bits per heavy atom. The van der Waals surface area contributed by atoms with Crippen LogP contribution < -0.4 is 10.3 Å². The lowest BCUT2D eigenvalue weighted by Gasteiger charge is -2.27. The van der Waals surface area contributed by atoms with E-state index >= 15 is 0 Å². The summed E-state index contributed by atoms with van der Waals surface area (Å²) in [6.07, 6.45) is 3.82. The highest BCUT2D eigenvalue weighted by atomic mass is 35.5. The topological polar surface area (TPSA) is 80.9 Å². The van der Waals surface area contributed by atoms with Gasteiger partial charge in [0.15, 0.2) is 0 Å². The van der Waals surface area contributed by atoms with Gasteiger partial charge in [0.05, 0.1) is 41.2 Å². The Morgan fingerprint density at radius 1 is 1.19 bits per heavy atom. The first kappa shape index (κ1) is 27.5. The molecule has 1 N–H and O–H groups in total. The van der Waals surface area contributed by atoms with Gasteiger partial charge in [-0.05, 0) is 30.2 Å². The van der Waals surface area contributed by atoms with Crippen molar-refractivity contribution < 1.29 is 13.6 Å². The van der Waals surface area contributed by atoms with Crippen LogP contribution in [0.4, 0.5) is 13.9 Å². The van der Waals surface area contributed by atoms with E-state index < -0.39 is 12.3 Å². The van der Waals surface area contributed by atoms with Crippen molar-refractivity contribution >= 4 is 56.5 Å². The first-order chi connectivity index (χ1) is 20.4. The summed E-state index contributed by atoms with van der Waals surface area (Å²) in [4.78, 5) is 23.8. The summed E-state index contributed by atoms with van der Waals surface area (Å²) in [5, 5.41) is 12.6. The Hall–Kier alpha value is -3.38. The minimum atomic E-state index is -0.983. The SMILES string of the molecule is O=C(Cc1ncn2c1C[C@@H](F)C2)N(c1nccs1)n1cc2c(Cl)cc(-c3ccc(C4CCNCC4F)cc3)c(Cl)c2n1. The molecule has 5 heterocycles. The molecule has 13 heteroatoms. The number of benzene rings is 2. The van der Waals surface area contributed by atoms with Crippen molar-refractivity contribution in [3.63, 3.8) is 0 Å². The number of nitrogens with one attached hydrogen (secondary N) is 1. The lowest BCUT2D eigenvalue weighted by molar-refractivity contribution is -0.118. The smallest absolute Gasteiger partial charge is 0.255 e. The molecule has 2 aromatic carbocycles. The molecule has 8 nitrogen and oxygen atoms in total. The fourth-order valence-electron chi connectivity index (χ4n) is 5.84. The predicted molar refractivity (Wildman–Crippen MR) is 160 cm³/mol. The highest BCUT2D eigenvalue weighted by Gasteiger charge is 2.30. The number of thiazole rings is 1. The van der Waals surface area contributed by atoms with Gasteiger partial charge < -0.3 is 9.88 Å². The van der Waals surface area contributed by atoms with Crippen molar-refractivity contribution in [2.45, 2.75) is 44.1 Å². The summed E-state index contributed by atoms with van der Waals surface area (Å²) in [6, 6.07) is 9.48. The molecule has 3 atom stereocenters. The second-order valence-electron chi connectivity index (χ2n) is 10.6. The first-order valence-electron chi connectivity index (χ1n) is 13.6. The second kappa shape index (κ2) is 11.0. The van der Waals surface area contributed by atoms with Gasteiger partial charge in [0.25, 0.3) is 5.91 Å². The van der Waals surface area contributed by atoms with Crippen molar-refractivity contribution in [1.82, 2.24) is 29.7 Å². The van der Waals surface area contributed by atoms with E-state index in [0.29, 0.717) is 43.9 Å². The summed E-state index contributed by atoms with van der Waals surface area (Å²) >= 11 is 14.9. The molecule has 2 unspecified atom stereocenters. The molecule has 0 saturated carbocycles. The van der Waals surface area contributed by atoms with Crippen molar-refractivity contribution in [3.8, 4) is 11.1 Å². The Kier molecular flexibility index (Phi) is 7.21. The van der Waals surface area contributed by atoms with Crippen LogP contribution in [0.15, 0.2) is 54.4 Å². The quantitative estimate of drug-likeness (QED) is 0.249. The van der Waals surface area contributed by atoms with Crippen LogP contribution in [0.1, 0.15) is 29.3 Å². The third-order valence-corrected chi connectivity index (χ3v) is 9.38. The zero-order valence-corrected chi connectivity index (χ0v) is 24.5. The maximum atomic E-state index is 14.5. The molecule has 3 aromatic heterocycles. The second-order valence-corrected chi connectivity index (χ2v) is 12.2. The highest BCUT2D eigenvalue weighted by Crippen LogP contribution is 2.39. The van der Waals surface area contributed by atoms with Crippen LogP contribution in [0.25, 0.3) is 22.0 Å². The number of anilines is 1. The van der Waals surface area contributed by atoms with Gasteiger partial charge in [0.1, 0.15) is 17.9 Å². The van der Waals surface area contributed by atoms with Gasteiger partial charge in [0.2, 0.25) is 5.13 Å². The van der Waals surface area contributed by atoms with Crippen molar-refractivity contribution in [3.05, 3.63) is 81.4 Å². The fourth-order valence-corrected chi connectivity index (χ4v) is 7.04. The van der Waals surface area contributed by atoms with Crippen molar-refractivity contribution in [2.24, 2.45) is 0 Å². The number of amides is 1. The number of nitrogens with zero attached hydrogens (tertiary/aromatic N) is 6. The van der Waals surface area contributed by atoms with E-state index in [1.807, 2.05) is 24.3 Å². The average Bonchev–Trinajstić information content (AvgIpc) is 3.79. The highest BCUT2D eigenvalue weighted by molar-refractivity contribution is 7.13. The van der Waals surface area contributed by atoms with E-state index in [1.165, 1.54) is 21.1 Å². The molecule has 5 aromatic rings. The molecular formula is C29H25Cl2F2N7OS. The van der Waals surface area contributed by atoms with Crippen molar-refractivity contribution in [2.75, 3.05) is 18.1 Å². The molecule has 0 spiro atoms. The van der Waals surface area contributed by atoms with E-state index in [2.05, 4.69) is 20.4 Å². The summed E-state index contributed by atoms with van der Waals surface area (Å²) in [7, 11) is 0. The van der Waals surface area contributed by atoms with E-state index in [1.54, 1.807) is 34.7 Å². The molecule has 0 aliphatic carbocycles. The monoisotopic (exact) mass is 627 g/mol. The fraction of sp³-hybridized carbons (Fsp3) is 0.310. The number of carbonyl (C=O) groups excluding carboxylic acids is 1. The number of imidazole rings is 1. The number of hydrogen-bond acceptors (Lipinski definition) is 6. The minimum absolute atomic E-state index is 0.0549. The number of rotatable bonds is 6. The summed E-state index contributed by atoms with van der Waals surface area (Å²) < 4.78 is 30.2. The largest absolute Gasteiger partial charge is 0.331 e. The standard InChI is InChI=1S/C29H25Cl2F2N7OS/c30-22-10-20(17-3-1-16(2-4-17)19-5-6-34-12-23(19)33)27(31)28-21(22)14-39(37-28)40(29-35-7-8-42-29)26(41)11-24-25-9-18(32)13-38(25)15-36-24/h1-4,7-8,10,14-15,18-19,23,34H,5-6,9,11-13H2/t18-,19?,23?/m1/s1. The third-order valence-electron chi connectivity index (χ3n) is 7.94. The molecule has 1 saturated heterocycles. The molecule has 1 fully saturated rings. The summed E-state index contributed by atoms with van der Waals surface area (Å²) in [5.41, 5.74) is 4.12. The number of aromatic nitrogens is 5. The molecule has 0 radical (unpaired) electrons. The lowest BCUT2D eigenvalue weighted by Crippen LogP contribution is -2.37. The van der Waals surface area contributed by atoms with Gasteiger partial charge in [-0.1, -0.05) is 47.5 Å². The van der Waals surface area contributed by atoms with Gasteiger partial charge in [-0.15, -0.1) is 16.4 Å². The molecule has 216 valence electrons. The number of halogens is 4. The van der Waals surface area contributed by atoms with Crippen LogP contribution in [0.2, 0.25) is 10.0 Å². The van der Waals surface area contributed by atoms with Crippen LogP contribution in [-0.4, -0.2) is 55.8 Å². The zero-order chi connectivity index (χ0) is 29.0. The molecule has 42 heavy (non-hydrogen) atoms. The number of piperidine rings is 1. The van der Waals surface area contributed by atoms with Crippen molar-refractivity contribution in [1.29, 1.82) is 0 Å². The zero-order valence-electron chi connectivity index (χ0n) is 22.2. The number of hydrogen-bond donors (Lipinski definition) is 1. The Balaban J connectivity index is 1.23. The van der Waals surface area contributed by atoms with Gasteiger partial charge in [-0.2, -0.15) is 9.80 Å². The predicted octanol–water partition coefficient (Wildman–Crippen LogP) is 6.01. The van der Waals surface area contributed by atoms with E-state index in [-0.39, 0.29) is 31.2 Å². The molecule has 2 aliphatic rings. The van der Waals surface area contributed by atoms with Crippen LogP contribution in [0, 0.1) is 0 Å². The normalized spacial score (nSPS) is 20.2. The maximum Gasteiger partial charge on any atom is 0.255 e. The Bertz CT molecular complexity index is 1770. The third kappa shape index (κ3) is 4.88. The summed E-state index contributed by atoms with van der Waals surface area (Å²) in [6.45, 7) is 1.39. The minimum Gasteiger partial charge on any atom is -0.331 e. The number of carbonyl (C=O) groups is 1. The van der Waals surface area contributed by atoms with Crippen LogP contribution >= 0.6 is 34.5 Å². The van der Waals surface area contributed by atoms with Gasteiger partial charge in [0, 0.05) is 47.1 Å². The molecular weight excluding hydrogens is 603 g/mol. The van der Waals surface area contributed by atoms with E-state index in [4.69, 9.17) is 23.2 Å². The maximum absolute atomic E-state index is 14.5. The van der Waals surface area contributed by atoms with Crippen LogP contribution in [-0.2, 0) is 24.2 Å². The molecule has 1 amide bonds. The molecule has 2 aliphatic heterocycles. The van der Waals surface area contributed by atoms with E-state index in [0.717, 1.165) is 29.8 Å². The number of fused-ring (bicyclic) bond motifs is 2. The van der Waals surface area contributed by atoms with E-state index in [9.17, 15) is 13.6 Å². The van der Waals surface area contributed by atoms with Crippen LogP contribution in [0.3, 0.4) is 0 Å². The molecule has 0 bridgehead atoms. The number of alkyl halides is 2. The van der Waals surface area contributed by atoms with Gasteiger partial charge in [-0.25, -0.2) is 18.7 Å². The average molecular weight is 629 g/mol.